The van der Waals surface area contributed by atoms with Crippen LogP contribution in [-0.4, -0.2) is 33.8 Å². The van der Waals surface area contributed by atoms with E-state index in [0.717, 1.165) is 0 Å². The monoisotopic (exact) mass is 300 g/mol. The van der Waals surface area contributed by atoms with E-state index in [2.05, 4.69) is 5.32 Å². The van der Waals surface area contributed by atoms with Crippen LogP contribution in [0.4, 0.5) is 15.8 Å². The van der Waals surface area contributed by atoms with Crippen molar-refractivity contribution in [1.82, 2.24) is 0 Å². The highest BCUT2D eigenvalue weighted by molar-refractivity contribution is 7.86. The topological polar surface area (TPSA) is 81.4 Å². The van der Waals surface area contributed by atoms with Crippen molar-refractivity contribution in [3.05, 3.63) is 24.0 Å². The Morgan fingerprint density at radius 2 is 2.35 bits per heavy atom. The average molecular weight is 300 g/mol. The number of benzene rings is 1. The molecule has 0 bridgehead atoms. The Morgan fingerprint density at radius 1 is 1.60 bits per heavy atom. The molecule has 0 aliphatic carbocycles. The summed E-state index contributed by atoms with van der Waals surface area (Å²) in [5.74, 6) is -1.24. The molecule has 0 aromatic heterocycles. The molecule has 2 rings (SSSR count). The smallest absolute Gasteiger partial charge is 0.237 e. The summed E-state index contributed by atoms with van der Waals surface area (Å²) in [6, 6.07) is 3.91. The van der Waals surface area contributed by atoms with Crippen LogP contribution in [0.2, 0.25) is 0 Å². The Hall–Kier alpha value is -1.47. The minimum Gasteiger partial charge on any atom is -0.399 e. The molecular formula is C13H17FN2O3S. The second kappa shape index (κ2) is 6.32. The molecule has 0 radical (unpaired) electrons. The second-order valence-electron chi connectivity index (χ2n) is 4.72. The molecule has 5 nitrogen and oxygen atoms in total. The zero-order valence-electron chi connectivity index (χ0n) is 11.1. The number of hydrogen-bond acceptors (Lipinski definition) is 4. The van der Waals surface area contributed by atoms with Gasteiger partial charge in [0.05, 0.1) is 17.0 Å². The maximum absolute atomic E-state index is 13.5. The average Bonchev–Trinajstić information content (AvgIpc) is 2.80. The van der Waals surface area contributed by atoms with Gasteiger partial charge in [0, 0.05) is 23.1 Å². The number of carbonyl (C=O) groups excluding carboxylic acids is 1. The first kappa shape index (κ1) is 14.9. The molecule has 1 aromatic rings. The lowest BCUT2D eigenvalue weighted by Gasteiger charge is -2.13. The van der Waals surface area contributed by atoms with Gasteiger partial charge in [-0.05, 0) is 31.5 Å². The van der Waals surface area contributed by atoms with Crippen LogP contribution >= 0.6 is 0 Å². The van der Waals surface area contributed by atoms with Gasteiger partial charge >= 0.3 is 0 Å². The molecule has 0 spiro atoms. The Morgan fingerprint density at radius 3 is 3.00 bits per heavy atom. The number of nitrogens with one attached hydrogen (secondary N) is 1. The van der Waals surface area contributed by atoms with Crippen LogP contribution in [0.1, 0.15) is 13.3 Å². The number of hydrogen-bond donors (Lipinski definition) is 2. The molecule has 110 valence electrons. The number of rotatable bonds is 4. The summed E-state index contributed by atoms with van der Waals surface area (Å²) in [6.45, 7) is 2.40. The van der Waals surface area contributed by atoms with Gasteiger partial charge in [0.2, 0.25) is 5.91 Å². The normalized spacial score (nSPS) is 23.5. The lowest BCUT2D eigenvalue weighted by Crippen LogP contribution is -2.30. The summed E-state index contributed by atoms with van der Waals surface area (Å²) in [5, 5.41) is 2.25. The minimum atomic E-state index is -1.33. The molecule has 3 unspecified atom stereocenters. The highest BCUT2D eigenvalue weighted by Gasteiger charge is 2.30. The van der Waals surface area contributed by atoms with Gasteiger partial charge in [0.1, 0.15) is 11.6 Å². The van der Waals surface area contributed by atoms with Crippen LogP contribution in [0, 0.1) is 5.82 Å². The number of carbonyl (C=O) groups is 1. The van der Waals surface area contributed by atoms with Gasteiger partial charge in [-0.15, -0.1) is 0 Å². The van der Waals surface area contributed by atoms with Crippen LogP contribution < -0.4 is 11.1 Å². The van der Waals surface area contributed by atoms with E-state index in [0.29, 0.717) is 18.7 Å². The van der Waals surface area contributed by atoms with E-state index < -0.39 is 22.5 Å². The number of halogens is 1. The number of amides is 1. The summed E-state index contributed by atoms with van der Waals surface area (Å²) in [5.41, 5.74) is 5.88. The lowest BCUT2D eigenvalue weighted by molar-refractivity contribution is -0.113. The number of nitrogen functional groups attached to an aromatic ring is 1. The third kappa shape index (κ3) is 3.55. The SMILES string of the molecule is CC1OCCC1S(=O)CC(=O)Nc1cc(N)ccc1F. The maximum atomic E-state index is 13.5. The molecular weight excluding hydrogens is 283 g/mol. The van der Waals surface area contributed by atoms with Gasteiger partial charge in [-0.3, -0.25) is 9.00 Å². The van der Waals surface area contributed by atoms with Crippen molar-refractivity contribution in [3.8, 4) is 0 Å². The lowest BCUT2D eigenvalue weighted by atomic mass is 10.2. The predicted molar refractivity (Wildman–Crippen MR) is 76.3 cm³/mol. The van der Waals surface area contributed by atoms with Gasteiger partial charge in [-0.1, -0.05) is 0 Å². The molecule has 3 atom stereocenters. The quantitative estimate of drug-likeness (QED) is 0.821. The van der Waals surface area contributed by atoms with E-state index >= 15 is 0 Å². The van der Waals surface area contributed by atoms with Crippen molar-refractivity contribution in [2.45, 2.75) is 24.7 Å². The molecule has 7 heteroatoms. The van der Waals surface area contributed by atoms with Crippen LogP contribution in [0.25, 0.3) is 0 Å². The summed E-state index contributed by atoms with van der Waals surface area (Å²) in [6.07, 6.45) is 0.556. The van der Waals surface area contributed by atoms with Gasteiger partial charge < -0.3 is 15.8 Å². The highest BCUT2D eigenvalue weighted by atomic mass is 32.2. The Labute approximate surface area is 119 Å². The third-order valence-corrected chi connectivity index (χ3v) is 5.02. The van der Waals surface area contributed by atoms with E-state index in [9.17, 15) is 13.4 Å². The zero-order chi connectivity index (χ0) is 14.7. The van der Waals surface area contributed by atoms with Crippen molar-refractivity contribution in [3.63, 3.8) is 0 Å². The van der Waals surface area contributed by atoms with Gasteiger partial charge in [0.15, 0.2) is 0 Å². The molecule has 1 amide bonds. The van der Waals surface area contributed by atoms with Gasteiger partial charge in [-0.2, -0.15) is 0 Å². The van der Waals surface area contributed by atoms with Gasteiger partial charge in [0.25, 0.3) is 0 Å². The number of anilines is 2. The highest BCUT2D eigenvalue weighted by Crippen LogP contribution is 2.20. The third-order valence-electron chi connectivity index (χ3n) is 3.18. The van der Waals surface area contributed by atoms with Gasteiger partial charge in [-0.25, -0.2) is 4.39 Å². The van der Waals surface area contributed by atoms with Crippen molar-refractivity contribution in [1.29, 1.82) is 0 Å². The van der Waals surface area contributed by atoms with E-state index in [-0.39, 0.29) is 22.8 Å². The Balaban J connectivity index is 1.95. The molecule has 3 N–H and O–H groups in total. The second-order valence-corrected chi connectivity index (χ2v) is 6.37. The van der Waals surface area contributed by atoms with E-state index in [4.69, 9.17) is 10.5 Å². The fraction of sp³-hybridized carbons (Fsp3) is 0.462. The first-order valence-electron chi connectivity index (χ1n) is 6.31. The summed E-state index contributed by atoms with van der Waals surface area (Å²) >= 11 is 0. The number of ether oxygens (including phenoxy) is 1. The maximum Gasteiger partial charge on any atom is 0.237 e. The molecule has 1 fully saturated rings. The molecule has 1 saturated heterocycles. The van der Waals surface area contributed by atoms with Crippen molar-refractivity contribution in [2.24, 2.45) is 0 Å². The van der Waals surface area contributed by atoms with Crippen LogP contribution in [0.3, 0.4) is 0 Å². The zero-order valence-corrected chi connectivity index (χ0v) is 11.9. The van der Waals surface area contributed by atoms with Crippen molar-refractivity contribution >= 4 is 28.1 Å². The van der Waals surface area contributed by atoms with E-state index in [1.54, 1.807) is 0 Å². The fourth-order valence-electron chi connectivity index (χ4n) is 2.12. The fourth-order valence-corrected chi connectivity index (χ4v) is 3.53. The molecule has 20 heavy (non-hydrogen) atoms. The van der Waals surface area contributed by atoms with Crippen molar-refractivity contribution in [2.75, 3.05) is 23.4 Å². The molecule has 1 aromatic carbocycles. The van der Waals surface area contributed by atoms with E-state index in [1.807, 2.05) is 6.92 Å². The first-order chi connectivity index (χ1) is 9.47. The largest absolute Gasteiger partial charge is 0.399 e. The summed E-state index contributed by atoms with van der Waals surface area (Å²) < 4.78 is 30.8. The van der Waals surface area contributed by atoms with Crippen LogP contribution in [-0.2, 0) is 20.3 Å². The molecule has 1 aliphatic heterocycles. The summed E-state index contributed by atoms with van der Waals surface area (Å²) in [4.78, 5) is 11.8. The van der Waals surface area contributed by atoms with E-state index in [1.165, 1.54) is 18.2 Å². The first-order valence-corrected chi connectivity index (χ1v) is 7.69. The van der Waals surface area contributed by atoms with Crippen LogP contribution in [0.5, 0.6) is 0 Å². The van der Waals surface area contributed by atoms with Crippen LogP contribution in [0.15, 0.2) is 18.2 Å². The molecule has 0 saturated carbocycles. The minimum absolute atomic E-state index is 0.00252. The Bertz CT molecular complexity index is 538. The molecule has 1 heterocycles. The number of nitrogens with two attached hydrogens (primary N) is 1. The standard InChI is InChI=1S/C13H17FN2O3S/c1-8-12(4-5-19-8)20(18)7-13(17)16-11-6-9(15)2-3-10(11)14/h2-3,6,8,12H,4-5,7,15H2,1H3,(H,16,17). The van der Waals surface area contributed by atoms with Crippen molar-refractivity contribution < 1.29 is 18.1 Å². The Kier molecular flexibility index (Phi) is 4.72. The predicted octanol–water partition coefficient (Wildman–Crippen LogP) is 1.27. The molecule has 1 aliphatic rings. The summed E-state index contributed by atoms with van der Waals surface area (Å²) in [7, 11) is -1.33.